The lowest BCUT2D eigenvalue weighted by Gasteiger charge is -1.96. The number of nitrogens with zero attached hydrogens (tertiary/aromatic N) is 1. The van der Waals surface area contributed by atoms with Gasteiger partial charge in [-0.1, -0.05) is 0 Å². The molecule has 0 saturated heterocycles. The standard InChI is InChI=1S/C14H8FNO3/c15-10-3-1-8-5-13(19-12(8)6-10)11-4-2-9(7-16-11)14(17)18/h1-7H,(H,17,18). The number of pyridine rings is 1. The van der Waals surface area contributed by atoms with Crippen molar-refractivity contribution in [3.05, 3.63) is 54.0 Å². The molecule has 2 aromatic heterocycles. The molecule has 0 unspecified atom stereocenters. The summed E-state index contributed by atoms with van der Waals surface area (Å²) in [7, 11) is 0. The van der Waals surface area contributed by atoms with E-state index in [9.17, 15) is 9.18 Å². The van der Waals surface area contributed by atoms with E-state index in [1.54, 1.807) is 18.2 Å². The van der Waals surface area contributed by atoms with Crippen LogP contribution in [0.25, 0.3) is 22.4 Å². The maximum atomic E-state index is 13.0. The van der Waals surface area contributed by atoms with E-state index in [-0.39, 0.29) is 11.4 Å². The largest absolute Gasteiger partial charge is 0.478 e. The van der Waals surface area contributed by atoms with Crippen LogP contribution >= 0.6 is 0 Å². The van der Waals surface area contributed by atoms with Crippen LogP contribution < -0.4 is 0 Å². The Morgan fingerprint density at radius 1 is 1.21 bits per heavy atom. The second-order valence-corrected chi connectivity index (χ2v) is 4.03. The summed E-state index contributed by atoms with van der Waals surface area (Å²) in [6, 6.07) is 8.99. The molecule has 0 bridgehead atoms. The number of carboxylic acid groups (broad SMARTS) is 1. The van der Waals surface area contributed by atoms with E-state index < -0.39 is 5.97 Å². The van der Waals surface area contributed by atoms with E-state index in [0.717, 1.165) is 5.39 Å². The Kier molecular flexibility index (Phi) is 2.52. The average Bonchev–Trinajstić information content (AvgIpc) is 2.81. The van der Waals surface area contributed by atoms with Crippen molar-refractivity contribution in [3.63, 3.8) is 0 Å². The summed E-state index contributed by atoms with van der Waals surface area (Å²) in [6.07, 6.45) is 1.26. The van der Waals surface area contributed by atoms with Crippen LogP contribution in [0.15, 0.2) is 47.0 Å². The number of rotatable bonds is 2. The molecule has 0 radical (unpaired) electrons. The number of aromatic carboxylic acids is 1. The predicted molar refractivity (Wildman–Crippen MR) is 66.4 cm³/mol. The van der Waals surface area contributed by atoms with E-state index in [4.69, 9.17) is 9.52 Å². The first-order chi connectivity index (χ1) is 9.13. The van der Waals surface area contributed by atoms with Gasteiger partial charge >= 0.3 is 5.97 Å². The van der Waals surface area contributed by atoms with Crippen molar-refractivity contribution in [3.8, 4) is 11.5 Å². The Balaban J connectivity index is 2.06. The lowest BCUT2D eigenvalue weighted by molar-refractivity contribution is 0.0696. The van der Waals surface area contributed by atoms with Gasteiger partial charge in [0.15, 0.2) is 5.76 Å². The van der Waals surface area contributed by atoms with Gasteiger partial charge in [-0.25, -0.2) is 9.18 Å². The van der Waals surface area contributed by atoms with Crippen molar-refractivity contribution in [2.45, 2.75) is 0 Å². The number of carboxylic acids is 1. The number of fused-ring (bicyclic) bond motifs is 1. The lowest BCUT2D eigenvalue weighted by Crippen LogP contribution is -1.96. The number of furan rings is 1. The maximum Gasteiger partial charge on any atom is 0.337 e. The van der Waals surface area contributed by atoms with Gasteiger partial charge in [0.2, 0.25) is 0 Å². The van der Waals surface area contributed by atoms with Crippen molar-refractivity contribution in [2.24, 2.45) is 0 Å². The fourth-order valence-electron chi connectivity index (χ4n) is 1.80. The summed E-state index contributed by atoms with van der Waals surface area (Å²) < 4.78 is 18.5. The highest BCUT2D eigenvalue weighted by atomic mass is 19.1. The Morgan fingerprint density at radius 2 is 2.05 bits per heavy atom. The van der Waals surface area contributed by atoms with Crippen molar-refractivity contribution >= 4 is 16.9 Å². The molecular formula is C14H8FNO3. The van der Waals surface area contributed by atoms with E-state index in [2.05, 4.69) is 4.98 Å². The molecule has 0 aliphatic heterocycles. The third kappa shape index (κ3) is 2.06. The number of hydrogen-bond donors (Lipinski definition) is 1. The minimum absolute atomic E-state index is 0.103. The first kappa shape index (κ1) is 11.4. The molecule has 2 heterocycles. The zero-order valence-electron chi connectivity index (χ0n) is 9.63. The molecule has 0 fully saturated rings. The van der Waals surface area contributed by atoms with Crippen molar-refractivity contribution in [2.75, 3.05) is 0 Å². The summed E-state index contributed by atoms with van der Waals surface area (Å²) in [5.41, 5.74) is 1.03. The van der Waals surface area contributed by atoms with Gasteiger partial charge in [-0.2, -0.15) is 0 Å². The van der Waals surface area contributed by atoms with Crippen LogP contribution in [-0.2, 0) is 0 Å². The van der Waals surface area contributed by atoms with Gasteiger partial charge in [0, 0.05) is 17.6 Å². The predicted octanol–water partition coefficient (Wildman–Crippen LogP) is 3.33. The second-order valence-electron chi connectivity index (χ2n) is 4.03. The Bertz CT molecular complexity index is 762. The van der Waals surface area contributed by atoms with Gasteiger partial charge < -0.3 is 9.52 Å². The molecule has 1 N–H and O–H groups in total. The fraction of sp³-hybridized carbons (Fsp3) is 0. The summed E-state index contributed by atoms with van der Waals surface area (Å²) >= 11 is 0. The van der Waals surface area contributed by atoms with Crippen LogP contribution in [0.2, 0.25) is 0 Å². The quantitative estimate of drug-likeness (QED) is 0.764. The molecule has 0 atom stereocenters. The SMILES string of the molecule is O=C(O)c1ccc(-c2cc3ccc(F)cc3o2)nc1. The van der Waals surface area contributed by atoms with E-state index >= 15 is 0 Å². The van der Waals surface area contributed by atoms with E-state index in [1.807, 2.05) is 0 Å². The molecule has 0 aliphatic rings. The van der Waals surface area contributed by atoms with Gasteiger partial charge in [-0.05, 0) is 30.3 Å². The molecule has 19 heavy (non-hydrogen) atoms. The molecule has 0 saturated carbocycles. The number of carbonyl (C=O) groups is 1. The van der Waals surface area contributed by atoms with Crippen molar-refractivity contribution in [1.82, 2.24) is 4.98 Å². The topological polar surface area (TPSA) is 63.3 Å². The van der Waals surface area contributed by atoms with Gasteiger partial charge in [-0.15, -0.1) is 0 Å². The number of aromatic nitrogens is 1. The van der Waals surface area contributed by atoms with Crippen molar-refractivity contribution in [1.29, 1.82) is 0 Å². The van der Waals surface area contributed by atoms with Gasteiger partial charge in [-0.3, -0.25) is 4.98 Å². The van der Waals surface area contributed by atoms with Crippen molar-refractivity contribution < 1.29 is 18.7 Å². The molecule has 3 aromatic rings. The zero-order chi connectivity index (χ0) is 13.4. The molecule has 94 valence electrons. The van der Waals surface area contributed by atoms with Crippen LogP contribution in [0.4, 0.5) is 4.39 Å². The highest BCUT2D eigenvalue weighted by molar-refractivity contribution is 5.88. The van der Waals surface area contributed by atoms with E-state index in [0.29, 0.717) is 17.0 Å². The van der Waals surface area contributed by atoms with E-state index in [1.165, 1.54) is 24.4 Å². The van der Waals surface area contributed by atoms with Crippen LogP contribution in [0, 0.1) is 5.82 Å². The first-order valence-corrected chi connectivity index (χ1v) is 5.52. The Labute approximate surface area is 107 Å². The summed E-state index contributed by atoms with van der Waals surface area (Å²) in [6.45, 7) is 0. The fourth-order valence-corrected chi connectivity index (χ4v) is 1.80. The number of benzene rings is 1. The monoisotopic (exact) mass is 257 g/mol. The third-order valence-electron chi connectivity index (χ3n) is 2.75. The Morgan fingerprint density at radius 3 is 2.74 bits per heavy atom. The molecule has 0 aliphatic carbocycles. The molecule has 1 aromatic carbocycles. The molecule has 3 rings (SSSR count). The summed E-state index contributed by atoms with van der Waals surface area (Å²) in [4.78, 5) is 14.7. The minimum Gasteiger partial charge on any atom is -0.478 e. The maximum absolute atomic E-state index is 13.0. The van der Waals surface area contributed by atoms with Crippen LogP contribution in [-0.4, -0.2) is 16.1 Å². The number of hydrogen-bond acceptors (Lipinski definition) is 3. The molecule has 4 nitrogen and oxygen atoms in total. The molecule has 0 spiro atoms. The van der Waals surface area contributed by atoms with Crippen LogP contribution in [0.5, 0.6) is 0 Å². The van der Waals surface area contributed by atoms with Crippen LogP contribution in [0.3, 0.4) is 0 Å². The highest BCUT2D eigenvalue weighted by Crippen LogP contribution is 2.27. The molecule has 0 amide bonds. The first-order valence-electron chi connectivity index (χ1n) is 5.52. The average molecular weight is 257 g/mol. The molecule has 5 heteroatoms. The van der Waals surface area contributed by atoms with Gasteiger partial charge in [0.05, 0.1) is 5.56 Å². The minimum atomic E-state index is -1.04. The number of halogens is 1. The highest BCUT2D eigenvalue weighted by Gasteiger charge is 2.09. The Hall–Kier alpha value is -2.69. The lowest BCUT2D eigenvalue weighted by atomic mass is 10.2. The van der Waals surface area contributed by atoms with Gasteiger partial charge in [0.1, 0.15) is 17.1 Å². The van der Waals surface area contributed by atoms with Crippen LogP contribution in [0.1, 0.15) is 10.4 Å². The summed E-state index contributed by atoms with van der Waals surface area (Å²) in [5.74, 6) is -0.939. The van der Waals surface area contributed by atoms with Gasteiger partial charge in [0.25, 0.3) is 0 Å². The third-order valence-corrected chi connectivity index (χ3v) is 2.75. The molecular weight excluding hydrogens is 249 g/mol. The smallest absolute Gasteiger partial charge is 0.337 e. The zero-order valence-corrected chi connectivity index (χ0v) is 9.63. The summed E-state index contributed by atoms with van der Waals surface area (Å²) in [5, 5.41) is 9.55. The second kappa shape index (κ2) is 4.20. The normalized spacial score (nSPS) is 10.8.